The number of hydrogen-bond acceptors (Lipinski definition) is 22. The van der Waals surface area contributed by atoms with Crippen molar-refractivity contribution < 1.29 is 84.0 Å². The van der Waals surface area contributed by atoms with Gasteiger partial charge in [0.1, 0.15) is 61.0 Å². The van der Waals surface area contributed by atoms with E-state index in [1.54, 1.807) is 6.20 Å². The minimum atomic E-state index is -2.18. The number of esters is 2. The molecule has 23 heteroatoms. The fourth-order valence-corrected chi connectivity index (χ4v) is 9.93. The third-order valence-corrected chi connectivity index (χ3v) is 14.5. The largest absolute Gasteiger partial charge is 0.497 e. The molecule has 2 rings (SSSR count). The lowest BCUT2D eigenvalue weighted by Gasteiger charge is -2.42. The summed E-state index contributed by atoms with van der Waals surface area (Å²) in [6.07, 6.45) is -14.0. The number of rotatable bonds is 33. The number of aromatic nitrogens is 1. The summed E-state index contributed by atoms with van der Waals surface area (Å²) in [5.74, 6) is -1.54. The summed E-state index contributed by atoms with van der Waals surface area (Å²) in [7, 11) is 5.82. The second-order valence-corrected chi connectivity index (χ2v) is 20.8. The normalized spacial score (nSPS) is 22.2. The van der Waals surface area contributed by atoms with Crippen LogP contribution in [0.1, 0.15) is 47.0 Å². The predicted octanol–water partition coefficient (Wildman–Crippen LogP) is 0.520. The zero-order valence-electron chi connectivity index (χ0n) is 36.7. The molecule has 1 fully saturated rings. The summed E-state index contributed by atoms with van der Waals surface area (Å²) in [4.78, 5) is 43.6. The Hall–Kier alpha value is -1.94. The van der Waals surface area contributed by atoms with E-state index in [2.05, 4.69) is 16.9 Å². The van der Waals surface area contributed by atoms with E-state index >= 15 is 0 Å². The van der Waals surface area contributed by atoms with Gasteiger partial charge in [0.05, 0.1) is 44.0 Å². The van der Waals surface area contributed by atoms with E-state index in [1.807, 2.05) is 45.9 Å². The molecule has 19 nitrogen and oxygen atoms in total. The number of nitrogens with zero attached hydrogens (tertiary/aromatic N) is 1. The van der Waals surface area contributed by atoms with Gasteiger partial charge in [-0.2, -0.15) is 0 Å². The summed E-state index contributed by atoms with van der Waals surface area (Å²) in [5, 5.41) is 93.4. The van der Waals surface area contributed by atoms with Crippen molar-refractivity contribution >= 4 is 61.0 Å². The summed E-state index contributed by atoms with van der Waals surface area (Å²) < 4.78 is 27.6. The van der Waals surface area contributed by atoms with Gasteiger partial charge in [0.25, 0.3) is 5.91 Å². The number of amides is 1. The summed E-state index contributed by atoms with van der Waals surface area (Å²) in [5.41, 5.74) is 0. The maximum Gasteiger partial charge on any atom is 0.309 e. The number of aliphatic hydroxyl groups is 9. The molecule has 0 aliphatic carbocycles. The maximum atomic E-state index is 13.4. The van der Waals surface area contributed by atoms with Crippen LogP contribution in [-0.2, 0) is 38.1 Å². The average Bonchev–Trinajstić information content (AvgIpc) is 3.27. The van der Waals surface area contributed by atoms with Gasteiger partial charge < -0.3 is 75.0 Å². The molecule has 10 N–H and O–H groups in total. The van der Waals surface area contributed by atoms with Crippen LogP contribution in [0.15, 0.2) is 41.8 Å². The Morgan fingerprint density at radius 1 is 0.828 bits per heavy atom. The van der Waals surface area contributed by atoms with Gasteiger partial charge in [-0.05, 0) is 54.0 Å². The van der Waals surface area contributed by atoms with E-state index in [0.29, 0.717) is 35.9 Å². The van der Waals surface area contributed by atoms with Gasteiger partial charge in [0, 0.05) is 35.9 Å². The van der Waals surface area contributed by atoms with Crippen molar-refractivity contribution in [1.82, 2.24) is 10.3 Å². The van der Waals surface area contributed by atoms with Gasteiger partial charge >= 0.3 is 11.9 Å². The number of aliphatic hydroxyl groups excluding tert-OH is 9. The van der Waals surface area contributed by atoms with Crippen LogP contribution in [0.4, 0.5) is 0 Å². The van der Waals surface area contributed by atoms with E-state index in [0.717, 1.165) is 5.03 Å². The topological polar surface area (TPSA) is 304 Å². The van der Waals surface area contributed by atoms with Gasteiger partial charge in [-0.3, -0.25) is 14.4 Å². The van der Waals surface area contributed by atoms with E-state index in [4.69, 9.17) is 23.7 Å². The highest BCUT2D eigenvalue weighted by atomic mass is 33.1. The summed E-state index contributed by atoms with van der Waals surface area (Å²) in [6, 6.07) is 5.63. The zero-order chi connectivity index (χ0) is 47.8. The van der Waals surface area contributed by atoms with E-state index < -0.39 is 98.0 Å². The Bertz CT molecular complexity index is 1490. The standard InChI is InChI=1S/C41H68N2O17S4/c1-23(2)18-26(19-27(39(54)57-12-11-44)20-28(24(3)4)40(55)58-14-17-63-64-31-8-6-7-9-42-31)25(5)56-13-16-62-61-15-10-43-38(53)35(51)34(50)37(29(47)21-45)60-41-36(52)33(49)32(48)30(22-46)59-41/h6-9,23-24,26-30,32-37,41,44-52H,5,10-22H2,1-4H3,(H,43,53)/t26?,27?,28?,29-,30-,32+,33+,34-,35-,36-,37?,41+/m1/s1. The molecule has 0 spiro atoms. The van der Waals surface area contributed by atoms with Crippen LogP contribution < -0.4 is 5.32 Å². The molecule has 0 saturated carbocycles. The first-order valence-electron chi connectivity index (χ1n) is 21.1. The molecule has 1 amide bonds. The lowest BCUT2D eigenvalue weighted by atomic mass is 9.80. The highest BCUT2D eigenvalue weighted by Crippen LogP contribution is 2.34. The van der Waals surface area contributed by atoms with E-state index in [-0.39, 0.29) is 57.1 Å². The second-order valence-electron chi connectivity index (χ2n) is 15.7. The third-order valence-electron chi connectivity index (χ3n) is 9.95. The van der Waals surface area contributed by atoms with Crippen molar-refractivity contribution in [1.29, 1.82) is 0 Å². The van der Waals surface area contributed by atoms with Crippen molar-refractivity contribution in [2.24, 2.45) is 29.6 Å². The maximum absolute atomic E-state index is 13.4. The molecular formula is C41H68N2O17S4. The average molecular weight is 989 g/mol. The SMILES string of the molecule is C=C(OCCSSCCNC(=O)[C@H](O)[C@@H](O)C(O[C@@H]1O[C@H](CO)[C@H](O)[C@H](O)[C@H]1O)[C@H](O)CO)C(CC(C)C)CC(CC(C(=O)OCCSSc1ccccn1)C(C)C)C(=O)OCCO. The number of nitrogens with one attached hydrogen (secondary N) is 1. The number of hydrogen-bond donors (Lipinski definition) is 10. The van der Waals surface area contributed by atoms with Gasteiger partial charge in [-0.25, -0.2) is 4.98 Å². The molecule has 64 heavy (non-hydrogen) atoms. The number of carbonyl (C=O) groups excluding carboxylic acids is 3. The fourth-order valence-electron chi connectivity index (χ4n) is 6.49. The summed E-state index contributed by atoms with van der Waals surface area (Å²) >= 11 is 0. The molecule has 1 aromatic rings. The second kappa shape index (κ2) is 31.9. The monoisotopic (exact) mass is 988 g/mol. The fraction of sp³-hybridized carbons (Fsp3) is 0.756. The molecule has 0 radical (unpaired) electrons. The molecule has 1 saturated heterocycles. The molecule has 1 aliphatic rings. The van der Waals surface area contributed by atoms with Crippen molar-refractivity contribution in [2.45, 2.75) is 107 Å². The minimum absolute atomic E-state index is 0.0494. The quantitative estimate of drug-likeness (QED) is 0.0199. The molecule has 12 atom stereocenters. The van der Waals surface area contributed by atoms with Crippen LogP contribution in [-0.4, -0.2) is 187 Å². The molecule has 1 aliphatic heterocycles. The zero-order valence-corrected chi connectivity index (χ0v) is 39.9. The third kappa shape index (κ3) is 20.5. The predicted molar refractivity (Wildman–Crippen MR) is 242 cm³/mol. The van der Waals surface area contributed by atoms with Crippen LogP contribution in [0, 0.1) is 29.6 Å². The Morgan fingerprint density at radius 3 is 2.12 bits per heavy atom. The van der Waals surface area contributed by atoms with Crippen LogP contribution in [0.2, 0.25) is 0 Å². The molecule has 4 unspecified atom stereocenters. The van der Waals surface area contributed by atoms with Crippen LogP contribution in [0.25, 0.3) is 0 Å². The highest BCUT2D eigenvalue weighted by molar-refractivity contribution is 8.77. The van der Waals surface area contributed by atoms with Crippen LogP contribution in [0.3, 0.4) is 0 Å². The van der Waals surface area contributed by atoms with Crippen molar-refractivity contribution in [3.8, 4) is 0 Å². The molecule has 2 heterocycles. The Kier molecular flexibility index (Phi) is 29.0. The first kappa shape index (κ1) is 58.2. The number of pyridine rings is 1. The van der Waals surface area contributed by atoms with Gasteiger partial charge in [0.15, 0.2) is 12.4 Å². The van der Waals surface area contributed by atoms with E-state index in [1.165, 1.54) is 43.2 Å². The molecule has 1 aromatic heterocycles. The van der Waals surface area contributed by atoms with Crippen LogP contribution >= 0.6 is 43.2 Å². The Labute approximate surface area is 390 Å². The highest BCUT2D eigenvalue weighted by Gasteiger charge is 2.47. The van der Waals surface area contributed by atoms with Gasteiger partial charge in [0.2, 0.25) is 0 Å². The molecule has 0 bridgehead atoms. The molecule has 0 aromatic carbocycles. The summed E-state index contributed by atoms with van der Waals surface area (Å²) in [6.45, 7) is 10.3. The van der Waals surface area contributed by atoms with Crippen molar-refractivity contribution in [2.75, 3.05) is 63.4 Å². The number of allylic oxidation sites excluding steroid dienone is 1. The lowest BCUT2D eigenvalue weighted by molar-refractivity contribution is -0.326. The minimum Gasteiger partial charge on any atom is -0.497 e. The van der Waals surface area contributed by atoms with Gasteiger partial charge in [-0.1, -0.05) is 72.7 Å². The smallest absolute Gasteiger partial charge is 0.309 e. The first-order chi connectivity index (χ1) is 30.5. The Balaban J connectivity index is 1.88. The van der Waals surface area contributed by atoms with Crippen molar-refractivity contribution in [3.05, 3.63) is 36.7 Å². The molecular weight excluding hydrogens is 921 g/mol. The lowest BCUT2D eigenvalue weighted by Crippen LogP contribution is -2.62. The van der Waals surface area contributed by atoms with Crippen LogP contribution in [0.5, 0.6) is 0 Å². The molecule has 368 valence electrons. The number of carbonyl (C=O) groups is 3. The first-order valence-corrected chi connectivity index (χ1v) is 25.9. The van der Waals surface area contributed by atoms with E-state index in [9.17, 15) is 60.3 Å². The number of ether oxygens (including phenoxy) is 5. The van der Waals surface area contributed by atoms with Gasteiger partial charge in [-0.15, -0.1) is 0 Å². The van der Waals surface area contributed by atoms with Crippen molar-refractivity contribution in [3.63, 3.8) is 0 Å². The Morgan fingerprint density at radius 2 is 1.50 bits per heavy atom.